The minimum Gasteiger partial charge on any atom is -0.375 e. The van der Waals surface area contributed by atoms with Crippen LogP contribution >= 0.6 is 0 Å². The van der Waals surface area contributed by atoms with E-state index < -0.39 is 0 Å². The third-order valence-electron chi connectivity index (χ3n) is 5.24. The van der Waals surface area contributed by atoms with E-state index in [2.05, 4.69) is 56.4 Å². The van der Waals surface area contributed by atoms with Crippen molar-refractivity contribution in [3.8, 4) is 0 Å². The molecule has 1 aliphatic heterocycles. The highest BCUT2D eigenvalue weighted by molar-refractivity contribution is 6.10. The summed E-state index contributed by atoms with van der Waals surface area (Å²) in [6.45, 7) is 6.41. The predicted molar refractivity (Wildman–Crippen MR) is 103 cm³/mol. The molecule has 1 N–H and O–H groups in total. The molecule has 0 bridgehead atoms. The van der Waals surface area contributed by atoms with Gasteiger partial charge in [-0.3, -0.25) is 9.79 Å². The highest BCUT2D eigenvalue weighted by Gasteiger charge is 2.43. The number of nitrogens with one attached hydrogen (secondary N) is 1. The number of Topliss-reactive ketones (excluding diaryl/α,β-unsaturated/α-hetero) is 1. The van der Waals surface area contributed by atoms with Gasteiger partial charge in [0.25, 0.3) is 0 Å². The number of hydrogen-bond donors (Lipinski definition) is 1. The highest BCUT2D eigenvalue weighted by Crippen LogP contribution is 2.45. The molecule has 25 heavy (non-hydrogen) atoms. The first-order valence-corrected chi connectivity index (χ1v) is 8.95. The molecule has 2 atom stereocenters. The minimum atomic E-state index is -0.192. The molecule has 1 saturated carbocycles. The molecule has 4 rings (SSSR count). The molecule has 1 aliphatic carbocycles. The number of benzene rings is 2. The molecule has 2 unspecified atom stereocenters. The van der Waals surface area contributed by atoms with Crippen LogP contribution in [0.3, 0.4) is 0 Å². The van der Waals surface area contributed by atoms with Gasteiger partial charge in [0.2, 0.25) is 0 Å². The number of rotatable bonds is 1. The molecule has 2 aromatic carbocycles. The summed E-state index contributed by atoms with van der Waals surface area (Å²) in [7, 11) is 0. The summed E-state index contributed by atoms with van der Waals surface area (Å²) in [4.78, 5) is 18.0. The second-order valence-electron chi connectivity index (χ2n) is 8.12. The summed E-state index contributed by atoms with van der Waals surface area (Å²) in [5.74, 6) is 0.101. The average molecular weight is 332 g/mol. The first kappa shape index (κ1) is 16.1. The number of aliphatic imine (C=N–C) groups is 1. The van der Waals surface area contributed by atoms with E-state index in [0.717, 1.165) is 29.1 Å². The lowest BCUT2D eigenvalue weighted by Gasteiger charge is -2.37. The maximum Gasteiger partial charge on any atom is 0.144 e. The normalized spacial score (nSPS) is 24.4. The Morgan fingerprint density at radius 2 is 1.84 bits per heavy atom. The minimum absolute atomic E-state index is 0.0249. The molecule has 3 nitrogen and oxygen atoms in total. The van der Waals surface area contributed by atoms with Crippen LogP contribution in [0.2, 0.25) is 0 Å². The van der Waals surface area contributed by atoms with E-state index in [1.807, 2.05) is 18.2 Å². The fourth-order valence-corrected chi connectivity index (χ4v) is 4.12. The van der Waals surface area contributed by atoms with Gasteiger partial charge in [0.05, 0.1) is 23.3 Å². The summed E-state index contributed by atoms with van der Waals surface area (Å²) in [6.07, 6.45) is 1.47. The van der Waals surface area contributed by atoms with Gasteiger partial charge in [0.1, 0.15) is 5.78 Å². The van der Waals surface area contributed by atoms with E-state index in [9.17, 15) is 4.79 Å². The van der Waals surface area contributed by atoms with Crippen molar-refractivity contribution >= 4 is 22.9 Å². The Morgan fingerprint density at radius 3 is 2.60 bits per heavy atom. The van der Waals surface area contributed by atoms with Crippen molar-refractivity contribution in [2.45, 2.75) is 39.7 Å². The van der Waals surface area contributed by atoms with Crippen LogP contribution < -0.4 is 5.32 Å². The van der Waals surface area contributed by atoms with Crippen LogP contribution in [-0.2, 0) is 4.79 Å². The molecule has 2 aromatic rings. The second kappa shape index (κ2) is 5.83. The molecule has 0 spiro atoms. The zero-order valence-electron chi connectivity index (χ0n) is 15.0. The number of hydrogen-bond acceptors (Lipinski definition) is 3. The van der Waals surface area contributed by atoms with Crippen LogP contribution in [0.15, 0.2) is 53.5 Å². The standard InChI is InChI=1S/C22H24N2O/c1-14-9-10-16-17(11-14)24-21(15-7-5-4-6-8-15)20-18(23-16)12-22(2,3)13-19(20)25/h4-11,20-21,24H,12-13H2,1-3H3. The van der Waals surface area contributed by atoms with Crippen molar-refractivity contribution in [2.75, 3.05) is 5.32 Å². The van der Waals surface area contributed by atoms with Crippen molar-refractivity contribution in [3.05, 3.63) is 59.7 Å². The number of carbonyl (C=O) groups excluding carboxylic acids is 1. The highest BCUT2D eigenvalue weighted by atomic mass is 16.1. The Hall–Kier alpha value is -2.42. The Labute approximate surface area is 149 Å². The van der Waals surface area contributed by atoms with Crippen LogP contribution in [-0.4, -0.2) is 11.5 Å². The Balaban J connectivity index is 1.88. The van der Waals surface area contributed by atoms with Crippen LogP contribution in [0.25, 0.3) is 0 Å². The molecule has 0 radical (unpaired) electrons. The number of anilines is 1. The van der Waals surface area contributed by atoms with Gasteiger partial charge in [-0.1, -0.05) is 50.2 Å². The largest absolute Gasteiger partial charge is 0.375 e. The van der Waals surface area contributed by atoms with Gasteiger partial charge in [-0.25, -0.2) is 0 Å². The van der Waals surface area contributed by atoms with E-state index >= 15 is 0 Å². The molecule has 3 heteroatoms. The molecule has 0 aromatic heterocycles. The van der Waals surface area contributed by atoms with Gasteiger partial charge in [-0.05, 0) is 42.0 Å². The van der Waals surface area contributed by atoms with E-state index in [-0.39, 0.29) is 17.4 Å². The second-order valence-corrected chi connectivity index (χ2v) is 8.12. The van der Waals surface area contributed by atoms with Crippen LogP contribution in [0.1, 0.15) is 43.9 Å². The fourth-order valence-electron chi connectivity index (χ4n) is 4.12. The molecule has 1 heterocycles. The molecule has 128 valence electrons. The number of carbonyl (C=O) groups is 1. The topological polar surface area (TPSA) is 41.5 Å². The number of aryl methyl sites for hydroxylation is 1. The van der Waals surface area contributed by atoms with Gasteiger partial charge in [-0.15, -0.1) is 0 Å². The lowest BCUT2D eigenvalue weighted by Crippen LogP contribution is -2.42. The average Bonchev–Trinajstić information content (AvgIpc) is 2.70. The van der Waals surface area contributed by atoms with Gasteiger partial charge < -0.3 is 5.32 Å². The van der Waals surface area contributed by atoms with Gasteiger partial charge >= 0.3 is 0 Å². The van der Waals surface area contributed by atoms with Gasteiger partial charge in [0, 0.05) is 12.1 Å². The third-order valence-corrected chi connectivity index (χ3v) is 5.24. The third kappa shape index (κ3) is 2.99. The summed E-state index contributed by atoms with van der Waals surface area (Å²) in [6, 6.07) is 16.5. The molecule has 2 aliphatic rings. The van der Waals surface area contributed by atoms with E-state index in [1.165, 1.54) is 5.56 Å². The van der Waals surface area contributed by atoms with Crippen molar-refractivity contribution < 1.29 is 4.79 Å². The maximum absolute atomic E-state index is 13.1. The summed E-state index contributed by atoms with van der Waals surface area (Å²) in [5.41, 5.74) is 5.28. The monoisotopic (exact) mass is 332 g/mol. The first-order chi connectivity index (χ1) is 11.9. The lowest BCUT2D eigenvalue weighted by atomic mass is 9.68. The number of ketones is 1. The Morgan fingerprint density at radius 1 is 1.08 bits per heavy atom. The molecular formula is C22H24N2O. The Kier molecular flexibility index (Phi) is 3.75. The van der Waals surface area contributed by atoms with E-state index in [4.69, 9.17) is 4.99 Å². The quantitative estimate of drug-likeness (QED) is 0.776. The van der Waals surface area contributed by atoms with Gasteiger partial charge in [0.15, 0.2) is 0 Å². The first-order valence-electron chi connectivity index (χ1n) is 8.95. The van der Waals surface area contributed by atoms with Crippen LogP contribution in [0.5, 0.6) is 0 Å². The molecule has 0 saturated heterocycles. The van der Waals surface area contributed by atoms with Crippen molar-refractivity contribution in [2.24, 2.45) is 16.3 Å². The van der Waals surface area contributed by atoms with Crippen molar-refractivity contribution in [3.63, 3.8) is 0 Å². The molecular weight excluding hydrogens is 308 g/mol. The van der Waals surface area contributed by atoms with Crippen LogP contribution in [0, 0.1) is 18.3 Å². The Bertz CT molecular complexity index is 852. The van der Waals surface area contributed by atoms with Gasteiger partial charge in [-0.2, -0.15) is 0 Å². The summed E-state index contributed by atoms with van der Waals surface area (Å²) < 4.78 is 0. The SMILES string of the molecule is Cc1ccc2c(c1)NC(c1ccccc1)C1C(=O)CC(C)(C)CC1=N2. The zero-order valence-corrected chi connectivity index (χ0v) is 15.0. The molecule has 1 fully saturated rings. The van der Waals surface area contributed by atoms with E-state index in [1.54, 1.807) is 0 Å². The molecule has 0 amide bonds. The smallest absolute Gasteiger partial charge is 0.144 e. The van der Waals surface area contributed by atoms with Crippen molar-refractivity contribution in [1.29, 1.82) is 0 Å². The lowest BCUT2D eigenvalue weighted by molar-refractivity contribution is -0.124. The van der Waals surface area contributed by atoms with Crippen molar-refractivity contribution in [1.82, 2.24) is 0 Å². The van der Waals surface area contributed by atoms with E-state index in [0.29, 0.717) is 12.2 Å². The fraction of sp³-hybridized carbons (Fsp3) is 0.364. The van der Waals surface area contributed by atoms with Crippen LogP contribution in [0.4, 0.5) is 11.4 Å². The number of fused-ring (bicyclic) bond motifs is 2. The number of nitrogens with zero attached hydrogens (tertiary/aromatic N) is 1. The maximum atomic E-state index is 13.1. The summed E-state index contributed by atoms with van der Waals surface area (Å²) >= 11 is 0. The predicted octanol–water partition coefficient (Wildman–Crippen LogP) is 5.24. The zero-order chi connectivity index (χ0) is 17.6. The summed E-state index contributed by atoms with van der Waals surface area (Å²) in [5, 5.41) is 3.64.